The second-order valence-corrected chi connectivity index (χ2v) is 5.06. The van der Waals surface area contributed by atoms with E-state index in [0.717, 1.165) is 25.0 Å². The van der Waals surface area contributed by atoms with Crippen LogP contribution in [-0.4, -0.2) is 21.8 Å². The summed E-state index contributed by atoms with van der Waals surface area (Å²) in [6, 6.07) is 3.75. The first-order valence-corrected chi connectivity index (χ1v) is 6.43. The Labute approximate surface area is 112 Å². The summed E-state index contributed by atoms with van der Waals surface area (Å²) in [5, 5.41) is 22.8. The number of hydrazone groups is 1. The number of phenols is 2. The predicted molar refractivity (Wildman–Crippen MR) is 72.3 cm³/mol. The molecule has 0 aromatic heterocycles. The van der Waals surface area contributed by atoms with Gasteiger partial charge in [-0.2, -0.15) is 5.10 Å². The van der Waals surface area contributed by atoms with Crippen LogP contribution in [0.5, 0.6) is 11.5 Å². The molecule has 0 bridgehead atoms. The van der Waals surface area contributed by atoms with Gasteiger partial charge in [-0.25, -0.2) is 5.43 Å². The molecule has 1 aromatic rings. The van der Waals surface area contributed by atoms with Crippen molar-refractivity contribution in [1.82, 2.24) is 5.43 Å². The molecule has 1 saturated carbocycles. The Kier molecular flexibility index (Phi) is 4.04. The highest BCUT2D eigenvalue weighted by atomic mass is 16.3. The number of nitrogens with one attached hydrogen (secondary N) is 1. The lowest BCUT2D eigenvalue weighted by molar-refractivity contribution is 0.0953. The molecule has 5 heteroatoms. The standard InChI is InChI=1S/C14H18N2O3/c1-9-3-2-4-11(5-9)15-16-14(19)10-6-12(17)8-13(18)7-10/h6-9,17-18H,2-5H2,1H3,(H,16,19)/b15-11-. The average molecular weight is 262 g/mol. The van der Waals surface area contributed by atoms with Crippen molar-refractivity contribution in [2.75, 3.05) is 0 Å². The van der Waals surface area contributed by atoms with Crippen molar-refractivity contribution in [3.05, 3.63) is 23.8 Å². The number of rotatable bonds is 2. The normalized spacial score (nSPS) is 21.3. The first kappa shape index (κ1) is 13.4. The Morgan fingerprint density at radius 2 is 2.00 bits per heavy atom. The molecule has 0 radical (unpaired) electrons. The molecule has 1 amide bonds. The molecule has 1 unspecified atom stereocenters. The molecule has 1 aromatic carbocycles. The van der Waals surface area contributed by atoms with Gasteiger partial charge in [-0.05, 0) is 43.7 Å². The lowest BCUT2D eigenvalue weighted by Gasteiger charge is -2.18. The molecular weight excluding hydrogens is 244 g/mol. The molecule has 2 rings (SSSR count). The first-order chi connectivity index (χ1) is 9.04. The van der Waals surface area contributed by atoms with E-state index in [1.54, 1.807) is 0 Å². The predicted octanol–water partition coefficient (Wildman–Crippen LogP) is 2.39. The quantitative estimate of drug-likeness (QED) is 0.716. The molecule has 1 aliphatic rings. The SMILES string of the molecule is CC1CCC/C(=N/NC(=O)c2cc(O)cc(O)c2)C1. The summed E-state index contributed by atoms with van der Waals surface area (Å²) >= 11 is 0. The molecule has 0 aliphatic heterocycles. The zero-order valence-electron chi connectivity index (χ0n) is 10.9. The minimum atomic E-state index is -0.433. The summed E-state index contributed by atoms with van der Waals surface area (Å²) in [6.45, 7) is 2.17. The van der Waals surface area contributed by atoms with E-state index in [1.165, 1.54) is 24.6 Å². The number of amides is 1. The van der Waals surface area contributed by atoms with Crippen molar-refractivity contribution in [1.29, 1.82) is 0 Å². The maximum Gasteiger partial charge on any atom is 0.271 e. The monoisotopic (exact) mass is 262 g/mol. The van der Waals surface area contributed by atoms with Crippen LogP contribution in [0.25, 0.3) is 0 Å². The smallest absolute Gasteiger partial charge is 0.271 e. The summed E-state index contributed by atoms with van der Waals surface area (Å²) in [4.78, 5) is 11.8. The van der Waals surface area contributed by atoms with Gasteiger partial charge in [-0.3, -0.25) is 4.79 Å². The Morgan fingerprint density at radius 1 is 1.32 bits per heavy atom. The van der Waals surface area contributed by atoms with Crippen molar-refractivity contribution in [3.8, 4) is 11.5 Å². The van der Waals surface area contributed by atoms with Crippen LogP contribution in [-0.2, 0) is 0 Å². The van der Waals surface area contributed by atoms with Gasteiger partial charge in [0.05, 0.1) is 0 Å². The Hall–Kier alpha value is -2.04. The minimum absolute atomic E-state index is 0.149. The van der Waals surface area contributed by atoms with E-state index in [2.05, 4.69) is 17.5 Å². The molecule has 1 atom stereocenters. The minimum Gasteiger partial charge on any atom is -0.508 e. The Bertz CT molecular complexity index is 491. The fraction of sp³-hybridized carbons (Fsp3) is 0.429. The fourth-order valence-electron chi connectivity index (χ4n) is 2.28. The number of phenolic OH excluding ortho intramolecular Hbond substituents is 2. The van der Waals surface area contributed by atoms with E-state index >= 15 is 0 Å². The van der Waals surface area contributed by atoms with Crippen LogP contribution in [0.15, 0.2) is 23.3 Å². The molecule has 0 spiro atoms. The van der Waals surface area contributed by atoms with Gasteiger partial charge in [0.1, 0.15) is 11.5 Å². The van der Waals surface area contributed by atoms with E-state index in [9.17, 15) is 15.0 Å². The van der Waals surface area contributed by atoms with Crippen molar-refractivity contribution in [2.24, 2.45) is 11.0 Å². The highest BCUT2D eigenvalue weighted by molar-refractivity contribution is 5.96. The molecule has 0 heterocycles. The molecule has 102 valence electrons. The van der Waals surface area contributed by atoms with Gasteiger partial charge >= 0.3 is 0 Å². The number of carbonyl (C=O) groups excluding carboxylic acids is 1. The molecule has 0 saturated heterocycles. The summed E-state index contributed by atoms with van der Waals surface area (Å²) in [7, 11) is 0. The van der Waals surface area contributed by atoms with Gasteiger partial charge in [-0.15, -0.1) is 0 Å². The van der Waals surface area contributed by atoms with Crippen LogP contribution >= 0.6 is 0 Å². The average Bonchev–Trinajstić information content (AvgIpc) is 2.35. The number of carbonyl (C=O) groups is 1. The van der Waals surface area contributed by atoms with Crippen LogP contribution in [0, 0.1) is 5.92 Å². The zero-order chi connectivity index (χ0) is 13.8. The third-order valence-electron chi connectivity index (χ3n) is 3.23. The summed E-state index contributed by atoms with van der Waals surface area (Å²) in [5.74, 6) is -0.126. The highest BCUT2D eigenvalue weighted by Crippen LogP contribution is 2.22. The van der Waals surface area contributed by atoms with E-state index < -0.39 is 5.91 Å². The van der Waals surface area contributed by atoms with Gasteiger partial charge in [0.15, 0.2) is 0 Å². The zero-order valence-corrected chi connectivity index (χ0v) is 10.9. The number of hydrogen-bond acceptors (Lipinski definition) is 4. The van der Waals surface area contributed by atoms with Crippen LogP contribution in [0.2, 0.25) is 0 Å². The second kappa shape index (κ2) is 5.73. The topological polar surface area (TPSA) is 81.9 Å². The maximum absolute atomic E-state index is 11.8. The third kappa shape index (κ3) is 3.71. The third-order valence-corrected chi connectivity index (χ3v) is 3.23. The van der Waals surface area contributed by atoms with Crippen LogP contribution in [0.4, 0.5) is 0 Å². The molecule has 19 heavy (non-hydrogen) atoms. The molecular formula is C14H18N2O3. The van der Waals surface area contributed by atoms with E-state index in [1.807, 2.05) is 0 Å². The highest BCUT2D eigenvalue weighted by Gasteiger charge is 2.14. The lowest BCUT2D eigenvalue weighted by atomic mass is 9.89. The summed E-state index contributed by atoms with van der Waals surface area (Å²) < 4.78 is 0. The van der Waals surface area contributed by atoms with Crippen LogP contribution < -0.4 is 5.43 Å². The molecule has 5 nitrogen and oxygen atoms in total. The van der Waals surface area contributed by atoms with E-state index in [4.69, 9.17) is 0 Å². The second-order valence-electron chi connectivity index (χ2n) is 5.06. The van der Waals surface area contributed by atoms with Crippen LogP contribution in [0.1, 0.15) is 43.0 Å². The molecule has 1 fully saturated rings. The fourth-order valence-corrected chi connectivity index (χ4v) is 2.28. The number of hydrogen-bond donors (Lipinski definition) is 3. The Morgan fingerprint density at radius 3 is 2.63 bits per heavy atom. The molecule has 1 aliphatic carbocycles. The van der Waals surface area contributed by atoms with Gasteiger partial charge in [-0.1, -0.05) is 6.92 Å². The summed E-state index contributed by atoms with van der Waals surface area (Å²) in [5.41, 5.74) is 3.65. The van der Waals surface area contributed by atoms with E-state index in [0.29, 0.717) is 5.92 Å². The van der Waals surface area contributed by atoms with Crippen LogP contribution in [0.3, 0.4) is 0 Å². The number of nitrogens with zero attached hydrogens (tertiary/aromatic N) is 1. The number of benzene rings is 1. The van der Waals surface area contributed by atoms with E-state index in [-0.39, 0.29) is 17.1 Å². The van der Waals surface area contributed by atoms with Gasteiger partial charge < -0.3 is 10.2 Å². The summed E-state index contributed by atoms with van der Waals surface area (Å²) in [6.07, 6.45) is 4.12. The van der Waals surface area contributed by atoms with Gasteiger partial charge in [0.25, 0.3) is 5.91 Å². The lowest BCUT2D eigenvalue weighted by Crippen LogP contribution is -2.22. The van der Waals surface area contributed by atoms with Crippen molar-refractivity contribution < 1.29 is 15.0 Å². The van der Waals surface area contributed by atoms with Gasteiger partial charge in [0, 0.05) is 17.3 Å². The largest absolute Gasteiger partial charge is 0.508 e. The molecule has 3 N–H and O–H groups in total. The van der Waals surface area contributed by atoms with Crippen molar-refractivity contribution in [2.45, 2.75) is 32.6 Å². The Balaban J connectivity index is 2.02. The first-order valence-electron chi connectivity index (χ1n) is 6.43. The van der Waals surface area contributed by atoms with Crippen molar-refractivity contribution in [3.63, 3.8) is 0 Å². The van der Waals surface area contributed by atoms with Crippen molar-refractivity contribution >= 4 is 11.6 Å². The van der Waals surface area contributed by atoms with Gasteiger partial charge in [0.2, 0.25) is 0 Å². The maximum atomic E-state index is 11.8. The number of aromatic hydroxyl groups is 2.